The van der Waals surface area contributed by atoms with Crippen LogP contribution in [-0.2, 0) is 28.5 Å². The van der Waals surface area contributed by atoms with Crippen molar-refractivity contribution in [3.63, 3.8) is 0 Å². The van der Waals surface area contributed by atoms with Gasteiger partial charge in [0.1, 0.15) is 13.2 Å². The fourth-order valence-electron chi connectivity index (χ4n) is 0.838. The van der Waals surface area contributed by atoms with Crippen molar-refractivity contribution in [2.45, 2.75) is 0 Å². The number of ether oxygens (including phenoxy) is 5. The molecule has 0 saturated carbocycles. The molecule has 0 N–H and O–H groups in total. The summed E-state index contributed by atoms with van der Waals surface area (Å²) < 4.78 is 24.5. The first-order valence-corrected chi connectivity index (χ1v) is 5.10. The zero-order chi connectivity index (χ0) is 12.1. The molecule has 0 aliphatic heterocycles. The van der Waals surface area contributed by atoms with Crippen molar-refractivity contribution in [3.05, 3.63) is 0 Å². The summed E-state index contributed by atoms with van der Waals surface area (Å²) in [6.07, 6.45) is 0. The summed E-state index contributed by atoms with van der Waals surface area (Å²) >= 11 is 0. The van der Waals surface area contributed by atoms with Gasteiger partial charge < -0.3 is 23.7 Å². The zero-order valence-electron chi connectivity index (χ0n) is 9.90. The van der Waals surface area contributed by atoms with Gasteiger partial charge in [0.05, 0.1) is 33.0 Å². The fraction of sp³-hybridized carbons (Fsp3) is 0.900. The van der Waals surface area contributed by atoms with Crippen LogP contribution >= 0.6 is 0 Å². The maximum Gasteiger partial charge on any atom is 0.332 e. The van der Waals surface area contributed by atoms with Crippen LogP contribution < -0.4 is 0 Å². The molecule has 6 nitrogen and oxygen atoms in total. The summed E-state index contributed by atoms with van der Waals surface area (Å²) in [6, 6.07) is 0. The minimum absolute atomic E-state index is 0.0276. The van der Waals surface area contributed by atoms with Crippen LogP contribution in [0.2, 0.25) is 0 Å². The highest BCUT2D eigenvalue weighted by Crippen LogP contribution is 1.83. The van der Waals surface area contributed by atoms with Gasteiger partial charge in [-0.2, -0.15) is 0 Å². The molecule has 0 bridgehead atoms. The number of rotatable bonds is 11. The smallest absolute Gasteiger partial charge is 0.332 e. The molecular formula is C10H20O6. The normalized spacial score (nSPS) is 10.4. The highest BCUT2D eigenvalue weighted by molar-refractivity contribution is 5.70. The summed E-state index contributed by atoms with van der Waals surface area (Å²) in [5.74, 6) is -0.387. The Bertz CT molecular complexity index is 161. The van der Waals surface area contributed by atoms with Gasteiger partial charge in [0.2, 0.25) is 0 Å². The van der Waals surface area contributed by atoms with Crippen molar-refractivity contribution in [1.29, 1.82) is 0 Å². The minimum atomic E-state index is -0.387. The van der Waals surface area contributed by atoms with Crippen LogP contribution in [0.5, 0.6) is 0 Å². The summed E-state index contributed by atoms with van der Waals surface area (Å²) in [4.78, 5) is 10.8. The van der Waals surface area contributed by atoms with Crippen LogP contribution in [0.25, 0.3) is 0 Å². The molecule has 6 heteroatoms. The lowest BCUT2D eigenvalue weighted by molar-refractivity contribution is -0.149. The zero-order valence-corrected chi connectivity index (χ0v) is 9.90. The molecule has 16 heavy (non-hydrogen) atoms. The van der Waals surface area contributed by atoms with E-state index in [9.17, 15) is 4.79 Å². The number of carbonyl (C=O) groups is 1. The molecule has 0 spiro atoms. The van der Waals surface area contributed by atoms with Crippen LogP contribution in [-0.4, -0.2) is 66.4 Å². The second-order valence-corrected chi connectivity index (χ2v) is 2.87. The molecule has 0 heterocycles. The molecule has 0 rings (SSSR count). The molecule has 0 aliphatic rings. The van der Waals surface area contributed by atoms with Gasteiger partial charge in [0, 0.05) is 14.2 Å². The number of hydrogen-bond acceptors (Lipinski definition) is 6. The monoisotopic (exact) mass is 236 g/mol. The second kappa shape index (κ2) is 12.4. The van der Waals surface area contributed by atoms with E-state index in [2.05, 4.69) is 4.74 Å². The van der Waals surface area contributed by atoms with E-state index in [-0.39, 0.29) is 19.2 Å². The summed E-state index contributed by atoms with van der Waals surface area (Å²) in [5.41, 5.74) is 0. The second-order valence-electron chi connectivity index (χ2n) is 2.87. The van der Waals surface area contributed by atoms with E-state index in [1.165, 1.54) is 7.11 Å². The van der Waals surface area contributed by atoms with Gasteiger partial charge in [-0.05, 0) is 0 Å². The molecule has 0 fully saturated rings. The first-order chi connectivity index (χ1) is 7.81. The average Bonchev–Trinajstić information content (AvgIpc) is 2.27. The van der Waals surface area contributed by atoms with Gasteiger partial charge >= 0.3 is 5.97 Å². The van der Waals surface area contributed by atoms with E-state index < -0.39 is 0 Å². The molecule has 0 amide bonds. The van der Waals surface area contributed by atoms with E-state index in [1.54, 1.807) is 7.11 Å². The Labute approximate surface area is 95.8 Å². The fourth-order valence-corrected chi connectivity index (χ4v) is 0.838. The summed E-state index contributed by atoms with van der Waals surface area (Å²) in [7, 11) is 3.06. The summed E-state index contributed by atoms with van der Waals surface area (Å²) in [6.45, 7) is 2.70. The van der Waals surface area contributed by atoms with Crippen LogP contribution in [0, 0.1) is 0 Å². The maximum atomic E-state index is 10.8. The van der Waals surface area contributed by atoms with E-state index in [4.69, 9.17) is 18.9 Å². The quantitative estimate of drug-likeness (QED) is 0.367. The molecule has 0 aromatic carbocycles. The molecule has 0 aliphatic carbocycles. The lowest BCUT2D eigenvalue weighted by atomic mass is 10.7. The molecule has 0 saturated heterocycles. The van der Waals surface area contributed by atoms with Crippen molar-refractivity contribution < 1.29 is 28.5 Å². The van der Waals surface area contributed by atoms with E-state index in [0.29, 0.717) is 33.0 Å². The Morgan fingerprint density at radius 3 is 1.94 bits per heavy atom. The van der Waals surface area contributed by atoms with Crippen LogP contribution in [0.15, 0.2) is 0 Å². The van der Waals surface area contributed by atoms with E-state index in [1.807, 2.05) is 0 Å². The van der Waals surface area contributed by atoms with E-state index in [0.717, 1.165) is 0 Å². The third-order valence-electron chi connectivity index (χ3n) is 1.56. The van der Waals surface area contributed by atoms with Gasteiger partial charge in [-0.25, -0.2) is 4.79 Å². The van der Waals surface area contributed by atoms with Crippen molar-refractivity contribution >= 4 is 5.97 Å². The van der Waals surface area contributed by atoms with Crippen LogP contribution in [0.4, 0.5) is 0 Å². The van der Waals surface area contributed by atoms with Crippen LogP contribution in [0.1, 0.15) is 0 Å². The van der Waals surface area contributed by atoms with Gasteiger partial charge in [-0.1, -0.05) is 0 Å². The molecule has 0 atom stereocenters. The topological polar surface area (TPSA) is 63.2 Å². The molecule has 96 valence electrons. The first kappa shape index (κ1) is 15.3. The highest BCUT2D eigenvalue weighted by Gasteiger charge is 2.00. The summed E-state index contributed by atoms with van der Waals surface area (Å²) in [5, 5.41) is 0. The molecular weight excluding hydrogens is 216 g/mol. The standard InChI is InChI=1S/C10H20O6/c1-12-3-4-14-5-6-15-7-8-16-10(11)9-13-2/h3-9H2,1-2H3. The Kier molecular flexibility index (Phi) is 11.8. The largest absolute Gasteiger partial charge is 0.462 e. The number of hydrogen-bond donors (Lipinski definition) is 0. The Morgan fingerprint density at radius 2 is 1.38 bits per heavy atom. The predicted molar refractivity (Wildman–Crippen MR) is 56.3 cm³/mol. The van der Waals surface area contributed by atoms with Gasteiger partial charge in [-0.15, -0.1) is 0 Å². The molecule has 0 aromatic rings. The lowest BCUT2D eigenvalue weighted by Crippen LogP contribution is -2.16. The Hall–Kier alpha value is -0.690. The SMILES string of the molecule is COCCOCCOCCOC(=O)COC. The number of carbonyl (C=O) groups excluding carboxylic acids is 1. The number of esters is 1. The highest BCUT2D eigenvalue weighted by atomic mass is 16.6. The van der Waals surface area contributed by atoms with E-state index >= 15 is 0 Å². The van der Waals surface area contributed by atoms with Gasteiger partial charge in [-0.3, -0.25) is 0 Å². The van der Waals surface area contributed by atoms with Gasteiger partial charge in [0.25, 0.3) is 0 Å². The van der Waals surface area contributed by atoms with Gasteiger partial charge in [0.15, 0.2) is 0 Å². The lowest BCUT2D eigenvalue weighted by Gasteiger charge is -2.06. The average molecular weight is 236 g/mol. The third kappa shape index (κ3) is 11.4. The molecule has 0 aromatic heterocycles. The van der Waals surface area contributed by atoms with Crippen molar-refractivity contribution in [3.8, 4) is 0 Å². The van der Waals surface area contributed by atoms with Crippen LogP contribution in [0.3, 0.4) is 0 Å². The Balaban J connectivity index is 3.01. The Morgan fingerprint density at radius 1 is 0.812 bits per heavy atom. The van der Waals surface area contributed by atoms with Crippen molar-refractivity contribution in [1.82, 2.24) is 0 Å². The predicted octanol–water partition coefficient (Wildman–Crippen LogP) is -0.144. The number of methoxy groups -OCH3 is 2. The van der Waals surface area contributed by atoms with Crippen molar-refractivity contribution in [2.75, 3.05) is 60.5 Å². The van der Waals surface area contributed by atoms with Crippen molar-refractivity contribution in [2.24, 2.45) is 0 Å². The third-order valence-corrected chi connectivity index (χ3v) is 1.56. The minimum Gasteiger partial charge on any atom is -0.462 e. The maximum absolute atomic E-state index is 10.8. The molecule has 0 unspecified atom stereocenters. The first-order valence-electron chi connectivity index (χ1n) is 5.10. The molecule has 0 radical (unpaired) electrons.